The predicted octanol–water partition coefficient (Wildman–Crippen LogP) is 5.39. The zero-order valence-electron chi connectivity index (χ0n) is 14.8. The first-order valence-electron chi connectivity index (χ1n) is 8.34. The van der Waals surface area contributed by atoms with Crippen LogP contribution >= 0.6 is 23.2 Å². The number of halogens is 2. The van der Waals surface area contributed by atoms with Crippen molar-refractivity contribution in [3.05, 3.63) is 46.4 Å². The minimum Gasteiger partial charge on any atom is -0.391 e. The molecule has 0 aliphatic carbocycles. The van der Waals surface area contributed by atoms with Crippen LogP contribution in [0.15, 0.2) is 36.4 Å². The topological polar surface area (TPSA) is 47.4 Å². The van der Waals surface area contributed by atoms with Crippen molar-refractivity contribution in [3.8, 4) is 17.0 Å². The Balaban J connectivity index is 2.09. The molecule has 0 aliphatic rings. The second-order valence-corrected chi connectivity index (χ2v) is 6.64. The van der Waals surface area contributed by atoms with Crippen LogP contribution in [0.1, 0.15) is 13.8 Å². The number of benzene rings is 2. The molecule has 0 fully saturated rings. The maximum Gasteiger partial charge on any atom is 0.416 e. The highest BCUT2D eigenvalue weighted by Crippen LogP contribution is 2.37. The number of fused-ring (bicyclic) bond motifs is 1. The number of ether oxygens (including phenoxy) is 1. The number of nitrogens with zero attached hydrogens (tertiary/aromatic N) is 3. The fourth-order valence-electron chi connectivity index (χ4n) is 2.87. The number of rotatable bonds is 4. The average Bonchev–Trinajstić information content (AvgIpc) is 2.92. The van der Waals surface area contributed by atoms with Crippen molar-refractivity contribution in [2.45, 2.75) is 13.8 Å². The van der Waals surface area contributed by atoms with E-state index in [1.807, 2.05) is 38.1 Å². The molecule has 26 heavy (non-hydrogen) atoms. The first-order chi connectivity index (χ1) is 12.5. The van der Waals surface area contributed by atoms with Gasteiger partial charge in [0.15, 0.2) is 0 Å². The summed E-state index contributed by atoms with van der Waals surface area (Å²) in [4.78, 5) is 14.0. The van der Waals surface area contributed by atoms with Gasteiger partial charge in [-0.1, -0.05) is 41.4 Å². The fourth-order valence-corrected chi connectivity index (χ4v) is 3.38. The van der Waals surface area contributed by atoms with Crippen LogP contribution in [0.2, 0.25) is 10.0 Å². The highest BCUT2D eigenvalue weighted by Gasteiger charge is 2.20. The van der Waals surface area contributed by atoms with Gasteiger partial charge >= 0.3 is 6.09 Å². The Labute approximate surface area is 162 Å². The third-order valence-corrected chi connectivity index (χ3v) is 4.79. The zero-order valence-corrected chi connectivity index (χ0v) is 16.3. The number of aryl methyl sites for hydroxylation is 1. The van der Waals surface area contributed by atoms with E-state index in [9.17, 15) is 4.79 Å². The quantitative estimate of drug-likeness (QED) is 0.598. The van der Waals surface area contributed by atoms with Gasteiger partial charge in [-0.3, -0.25) is 0 Å². The van der Waals surface area contributed by atoms with E-state index in [0.717, 1.165) is 16.5 Å². The van der Waals surface area contributed by atoms with Crippen LogP contribution in [0.5, 0.6) is 5.88 Å². The first kappa shape index (κ1) is 18.5. The molecule has 0 N–H and O–H groups in total. The van der Waals surface area contributed by atoms with Crippen molar-refractivity contribution in [1.29, 1.82) is 0 Å². The molecule has 136 valence electrons. The Morgan fingerprint density at radius 1 is 1.15 bits per heavy atom. The zero-order chi connectivity index (χ0) is 18.8. The van der Waals surface area contributed by atoms with Crippen molar-refractivity contribution in [3.63, 3.8) is 0 Å². The molecule has 1 heterocycles. The van der Waals surface area contributed by atoms with Crippen LogP contribution in [-0.2, 0) is 7.05 Å². The third kappa shape index (κ3) is 3.37. The molecule has 0 aliphatic heterocycles. The Hall–Kier alpha value is -2.24. The normalized spacial score (nSPS) is 11.0. The molecule has 0 radical (unpaired) electrons. The second kappa shape index (κ2) is 7.56. The summed E-state index contributed by atoms with van der Waals surface area (Å²) in [6.45, 7) is 4.98. The van der Waals surface area contributed by atoms with E-state index in [1.54, 1.807) is 28.8 Å². The van der Waals surface area contributed by atoms with E-state index < -0.39 is 6.09 Å². The van der Waals surface area contributed by atoms with Crippen molar-refractivity contribution in [2.75, 3.05) is 13.1 Å². The maximum atomic E-state index is 12.3. The van der Waals surface area contributed by atoms with Gasteiger partial charge in [-0.05, 0) is 32.0 Å². The number of aromatic nitrogens is 2. The minimum absolute atomic E-state index is 0.394. The Bertz CT molecular complexity index is 965. The van der Waals surface area contributed by atoms with E-state index in [-0.39, 0.29) is 0 Å². The molecule has 2 aromatic carbocycles. The van der Waals surface area contributed by atoms with Crippen LogP contribution in [0.3, 0.4) is 0 Å². The highest BCUT2D eigenvalue weighted by atomic mass is 35.5. The van der Waals surface area contributed by atoms with Crippen molar-refractivity contribution < 1.29 is 9.53 Å². The molecular weight excluding hydrogens is 373 g/mol. The van der Waals surface area contributed by atoms with E-state index in [0.29, 0.717) is 34.5 Å². The number of carbonyl (C=O) groups is 1. The fraction of sp³-hybridized carbons (Fsp3) is 0.263. The monoisotopic (exact) mass is 391 g/mol. The van der Waals surface area contributed by atoms with E-state index >= 15 is 0 Å². The lowest BCUT2D eigenvalue weighted by molar-refractivity contribution is 0.154. The molecular formula is C19H19Cl2N3O2. The van der Waals surface area contributed by atoms with Gasteiger partial charge in [-0.2, -0.15) is 5.10 Å². The van der Waals surface area contributed by atoms with Crippen LogP contribution < -0.4 is 4.74 Å². The molecule has 3 aromatic rings. The van der Waals surface area contributed by atoms with Gasteiger partial charge in [0.1, 0.15) is 5.52 Å². The second-order valence-electron chi connectivity index (χ2n) is 5.79. The number of hydrogen-bond donors (Lipinski definition) is 0. The average molecular weight is 392 g/mol. The molecule has 0 saturated carbocycles. The largest absolute Gasteiger partial charge is 0.416 e. The predicted molar refractivity (Wildman–Crippen MR) is 105 cm³/mol. The van der Waals surface area contributed by atoms with E-state index in [2.05, 4.69) is 5.10 Å². The summed E-state index contributed by atoms with van der Waals surface area (Å²) in [5.74, 6) is 0.406. The first-order valence-corrected chi connectivity index (χ1v) is 9.09. The number of carbonyl (C=O) groups excluding carboxylic acids is 1. The molecule has 1 aromatic heterocycles. The number of hydrogen-bond acceptors (Lipinski definition) is 3. The molecule has 0 unspecified atom stereocenters. The standard InChI is InChI=1S/C19H19Cl2N3O2/c1-4-24(5-2)19(25)26-18-15-8-6-7-14(17(15)22-23(18)3)13-10-9-12(20)11-16(13)21/h6-11H,4-5H2,1-3H3. The summed E-state index contributed by atoms with van der Waals surface area (Å²) < 4.78 is 7.18. The Morgan fingerprint density at radius 3 is 2.54 bits per heavy atom. The van der Waals surface area contributed by atoms with Gasteiger partial charge in [-0.15, -0.1) is 0 Å². The lowest BCUT2D eigenvalue weighted by Crippen LogP contribution is -2.33. The Morgan fingerprint density at radius 2 is 1.88 bits per heavy atom. The minimum atomic E-state index is -0.394. The van der Waals surface area contributed by atoms with Gasteiger partial charge in [0.2, 0.25) is 5.88 Å². The lowest BCUT2D eigenvalue weighted by atomic mass is 10.0. The summed E-state index contributed by atoms with van der Waals surface area (Å²) in [6, 6.07) is 11.0. The highest BCUT2D eigenvalue weighted by molar-refractivity contribution is 6.36. The summed E-state index contributed by atoms with van der Waals surface area (Å²) in [5, 5.41) is 6.40. The van der Waals surface area contributed by atoms with Crippen LogP contribution in [0.4, 0.5) is 4.79 Å². The molecule has 0 atom stereocenters. The molecule has 3 rings (SSSR count). The molecule has 0 spiro atoms. The van der Waals surface area contributed by atoms with Crippen LogP contribution in [-0.4, -0.2) is 33.9 Å². The van der Waals surface area contributed by atoms with Crippen molar-refractivity contribution in [2.24, 2.45) is 7.05 Å². The van der Waals surface area contributed by atoms with Gasteiger partial charge < -0.3 is 9.64 Å². The maximum absolute atomic E-state index is 12.3. The van der Waals surface area contributed by atoms with Gasteiger partial charge in [0, 0.05) is 41.3 Å². The summed E-state index contributed by atoms with van der Waals surface area (Å²) in [7, 11) is 1.75. The van der Waals surface area contributed by atoms with Gasteiger partial charge in [0.25, 0.3) is 0 Å². The molecule has 1 amide bonds. The molecule has 0 saturated heterocycles. The van der Waals surface area contributed by atoms with Crippen molar-refractivity contribution in [1.82, 2.24) is 14.7 Å². The van der Waals surface area contributed by atoms with E-state index in [1.165, 1.54) is 0 Å². The summed E-state index contributed by atoms with van der Waals surface area (Å²) >= 11 is 12.4. The van der Waals surface area contributed by atoms with Crippen LogP contribution in [0.25, 0.3) is 22.0 Å². The summed E-state index contributed by atoms with van der Waals surface area (Å²) in [6.07, 6.45) is -0.394. The van der Waals surface area contributed by atoms with Crippen molar-refractivity contribution >= 4 is 40.2 Å². The molecule has 0 bridgehead atoms. The van der Waals surface area contributed by atoms with Crippen LogP contribution in [0, 0.1) is 0 Å². The molecule has 7 heteroatoms. The molecule has 5 nitrogen and oxygen atoms in total. The Kier molecular flexibility index (Phi) is 5.39. The smallest absolute Gasteiger partial charge is 0.391 e. The summed E-state index contributed by atoms with van der Waals surface area (Å²) in [5.41, 5.74) is 2.38. The van der Waals surface area contributed by atoms with Gasteiger partial charge in [-0.25, -0.2) is 9.48 Å². The lowest BCUT2D eigenvalue weighted by Gasteiger charge is -2.17. The SMILES string of the molecule is CCN(CC)C(=O)Oc1c2cccc(-c3ccc(Cl)cc3Cl)c2nn1C. The number of amides is 1. The third-order valence-electron chi connectivity index (χ3n) is 4.24. The van der Waals surface area contributed by atoms with E-state index in [4.69, 9.17) is 27.9 Å². The van der Waals surface area contributed by atoms with Gasteiger partial charge in [0.05, 0.1) is 5.39 Å².